The summed E-state index contributed by atoms with van der Waals surface area (Å²) in [5.41, 5.74) is 2.41. The molecule has 0 atom stereocenters. The fourth-order valence-electron chi connectivity index (χ4n) is 2.52. The minimum absolute atomic E-state index is 0.738. The molecule has 0 bridgehead atoms. The molecule has 0 unspecified atom stereocenters. The third-order valence-electron chi connectivity index (χ3n) is 3.72. The van der Waals surface area contributed by atoms with E-state index < -0.39 is 0 Å². The topological polar surface area (TPSA) is 34.2 Å². The van der Waals surface area contributed by atoms with Crippen LogP contribution in [0.3, 0.4) is 0 Å². The molecule has 3 rings (SSSR count). The number of hydrogen-bond donors (Lipinski definition) is 1. The van der Waals surface area contributed by atoms with Crippen LogP contribution in [0.5, 0.6) is 11.5 Å². The molecule has 0 aliphatic carbocycles. The van der Waals surface area contributed by atoms with Gasteiger partial charge in [0, 0.05) is 27.4 Å². The van der Waals surface area contributed by atoms with E-state index in [4.69, 9.17) is 9.47 Å². The molecular weight excluding hydrogens is 294 g/mol. The number of ether oxygens (including phenoxy) is 2. The van der Waals surface area contributed by atoms with E-state index in [1.54, 1.807) is 26.0 Å². The molecule has 0 saturated heterocycles. The molecule has 0 fully saturated rings. The van der Waals surface area contributed by atoms with Crippen LogP contribution in [-0.2, 0) is 6.42 Å². The average Bonchev–Trinajstić information content (AvgIpc) is 2.96. The number of aromatic amines is 1. The van der Waals surface area contributed by atoms with E-state index in [-0.39, 0.29) is 0 Å². The first kappa shape index (κ1) is 14.9. The van der Waals surface area contributed by atoms with Crippen LogP contribution in [0.15, 0.2) is 52.4 Å². The zero-order valence-corrected chi connectivity index (χ0v) is 13.8. The fourth-order valence-corrected chi connectivity index (χ4v) is 3.65. The summed E-state index contributed by atoms with van der Waals surface area (Å²) in [4.78, 5) is 5.80. The Hall–Kier alpha value is -2.07. The number of nitrogens with one attached hydrogen (secondary N) is 1. The van der Waals surface area contributed by atoms with Gasteiger partial charge in [-0.3, -0.25) is 0 Å². The normalized spacial score (nSPS) is 10.9. The number of rotatable bonds is 5. The molecule has 22 heavy (non-hydrogen) atoms. The Labute approximate surface area is 134 Å². The summed E-state index contributed by atoms with van der Waals surface area (Å²) in [5.74, 6) is 1.49. The second-order valence-corrected chi connectivity index (χ2v) is 6.05. The summed E-state index contributed by atoms with van der Waals surface area (Å²) in [7, 11) is 3.31. The van der Waals surface area contributed by atoms with Gasteiger partial charge < -0.3 is 14.5 Å². The lowest BCUT2D eigenvalue weighted by Crippen LogP contribution is -1.90. The standard InChI is InChI=1S/C18H19NO2S/c1-4-12-7-5-6-8-17(12)22-18-11-19-14-10-16(21-3)15(20-2)9-13(14)18/h5-11,19H,4H2,1-3H3. The smallest absolute Gasteiger partial charge is 0.162 e. The molecule has 0 spiro atoms. The Balaban J connectivity index is 2.04. The second-order valence-electron chi connectivity index (χ2n) is 4.97. The molecule has 3 nitrogen and oxygen atoms in total. The molecule has 2 aromatic carbocycles. The Morgan fingerprint density at radius 3 is 2.45 bits per heavy atom. The van der Waals surface area contributed by atoms with E-state index in [1.807, 2.05) is 18.3 Å². The molecule has 0 saturated carbocycles. The predicted molar refractivity (Wildman–Crippen MR) is 91.3 cm³/mol. The zero-order valence-electron chi connectivity index (χ0n) is 13.0. The van der Waals surface area contributed by atoms with Gasteiger partial charge in [-0.25, -0.2) is 0 Å². The highest BCUT2D eigenvalue weighted by Gasteiger charge is 2.12. The van der Waals surface area contributed by atoms with Crippen molar-refractivity contribution in [2.24, 2.45) is 0 Å². The van der Waals surface area contributed by atoms with Crippen molar-refractivity contribution in [2.45, 2.75) is 23.1 Å². The molecule has 4 heteroatoms. The van der Waals surface area contributed by atoms with Gasteiger partial charge in [-0.1, -0.05) is 36.9 Å². The van der Waals surface area contributed by atoms with Crippen LogP contribution < -0.4 is 9.47 Å². The van der Waals surface area contributed by atoms with Crippen molar-refractivity contribution in [1.82, 2.24) is 4.98 Å². The molecule has 0 radical (unpaired) electrons. The minimum atomic E-state index is 0.738. The third kappa shape index (κ3) is 2.66. The number of fused-ring (bicyclic) bond motifs is 1. The number of benzene rings is 2. The summed E-state index contributed by atoms with van der Waals surface area (Å²) in [6, 6.07) is 12.5. The van der Waals surface area contributed by atoms with Crippen LogP contribution in [0.2, 0.25) is 0 Å². The zero-order chi connectivity index (χ0) is 15.5. The van der Waals surface area contributed by atoms with Crippen LogP contribution in [0.4, 0.5) is 0 Å². The lowest BCUT2D eigenvalue weighted by atomic mass is 10.2. The van der Waals surface area contributed by atoms with E-state index in [1.165, 1.54) is 15.4 Å². The maximum absolute atomic E-state index is 5.42. The predicted octanol–water partition coefficient (Wildman–Crippen LogP) is 4.90. The number of methoxy groups -OCH3 is 2. The van der Waals surface area contributed by atoms with E-state index in [9.17, 15) is 0 Å². The first-order chi connectivity index (χ1) is 10.8. The average molecular weight is 313 g/mol. The molecular formula is C18H19NO2S. The largest absolute Gasteiger partial charge is 0.493 e. The molecule has 3 aromatic rings. The van der Waals surface area contributed by atoms with E-state index in [0.717, 1.165) is 28.8 Å². The van der Waals surface area contributed by atoms with E-state index >= 15 is 0 Å². The van der Waals surface area contributed by atoms with Crippen LogP contribution in [0.25, 0.3) is 10.9 Å². The number of H-pyrrole nitrogens is 1. The highest BCUT2D eigenvalue weighted by Crippen LogP contribution is 2.39. The second kappa shape index (κ2) is 6.36. The first-order valence-electron chi connectivity index (χ1n) is 7.25. The van der Waals surface area contributed by atoms with E-state index in [2.05, 4.69) is 36.2 Å². The summed E-state index contributed by atoms with van der Waals surface area (Å²) < 4.78 is 10.8. The minimum Gasteiger partial charge on any atom is -0.493 e. The molecule has 1 N–H and O–H groups in total. The first-order valence-corrected chi connectivity index (χ1v) is 8.07. The molecule has 0 aliphatic rings. The fraction of sp³-hybridized carbons (Fsp3) is 0.222. The Morgan fingerprint density at radius 1 is 1.00 bits per heavy atom. The highest BCUT2D eigenvalue weighted by molar-refractivity contribution is 7.99. The van der Waals surface area contributed by atoms with Gasteiger partial charge in [-0.05, 0) is 24.1 Å². The van der Waals surface area contributed by atoms with Gasteiger partial charge >= 0.3 is 0 Å². The number of hydrogen-bond acceptors (Lipinski definition) is 3. The maximum atomic E-state index is 5.42. The van der Waals surface area contributed by atoms with Crippen LogP contribution >= 0.6 is 11.8 Å². The summed E-state index contributed by atoms with van der Waals surface area (Å²) in [6.07, 6.45) is 3.07. The molecule has 1 aromatic heterocycles. The van der Waals surface area contributed by atoms with Gasteiger partial charge in [0.15, 0.2) is 11.5 Å². The summed E-state index contributed by atoms with van der Waals surface area (Å²) >= 11 is 1.78. The lowest BCUT2D eigenvalue weighted by Gasteiger charge is -2.09. The van der Waals surface area contributed by atoms with Gasteiger partial charge in [0.05, 0.1) is 19.7 Å². The van der Waals surface area contributed by atoms with Crippen molar-refractivity contribution in [3.05, 3.63) is 48.2 Å². The summed E-state index contributed by atoms with van der Waals surface area (Å²) in [6.45, 7) is 2.18. The van der Waals surface area contributed by atoms with Crippen LogP contribution in [0, 0.1) is 0 Å². The van der Waals surface area contributed by atoms with Gasteiger partial charge in [-0.15, -0.1) is 0 Å². The SMILES string of the molecule is CCc1ccccc1Sc1c[nH]c2cc(OC)c(OC)cc12. The molecule has 0 aliphatic heterocycles. The van der Waals surface area contributed by atoms with E-state index in [0.29, 0.717) is 0 Å². The van der Waals surface area contributed by atoms with Crippen molar-refractivity contribution in [3.63, 3.8) is 0 Å². The molecule has 0 amide bonds. The van der Waals surface area contributed by atoms with Crippen molar-refractivity contribution in [3.8, 4) is 11.5 Å². The number of aromatic nitrogens is 1. The Bertz CT molecular complexity index is 795. The van der Waals surface area contributed by atoms with Gasteiger partial charge in [0.1, 0.15) is 0 Å². The maximum Gasteiger partial charge on any atom is 0.162 e. The van der Waals surface area contributed by atoms with Crippen molar-refractivity contribution >= 4 is 22.7 Å². The lowest BCUT2D eigenvalue weighted by molar-refractivity contribution is 0.356. The van der Waals surface area contributed by atoms with Crippen LogP contribution in [0.1, 0.15) is 12.5 Å². The van der Waals surface area contributed by atoms with Crippen molar-refractivity contribution in [1.29, 1.82) is 0 Å². The van der Waals surface area contributed by atoms with Gasteiger partial charge in [0.2, 0.25) is 0 Å². The van der Waals surface area contributed by atoms with Gasteiger partial charge in [-0.2, -0.15) is 0 Å². The molecule has 114 valence electrons. The Morgan fingerprint density at radius 2 is 1.73 bits per heavy atom. The third-order valence-corrected chi connectivity index (χ3v) is 4.90. The monoisotopic (exact) mass is 313 g/mol. The summed E-state index contributed by atoms with van der Waals surface area (Å²) in [5, 5.41) is 1.15. The highest BCUT2D eigenvalue weighted by atomic mass is 32.2. The van der Waals surface area contributed by atoms with Crippen LogP contribution in [-0.4, -0.2) is 19.2 Å². The number of aryl methyl sites for hydroxylation is 1. The van der Waals surface area contributed by atoms with Crippen molar-refractivity contribution < 1.29 is 9.47 Å². The van der Waals surface area contributed by atoms with Crippen molar-refractivity contribution in [2.75, 3.05) is 14.2 Å². The molecule has 1 heterocycles. The van der Waals surface area contributed by atoms with Gasteiger partial charge in [0.25, 0.3) is 0 Å². The Kier molecular flexibility index (Phi) is 4.29. The quantitative estimate of drug-likeness (QED) is 0.727.